The van der Waals surface area contributed by atoms with Gasteiger partial charge in [0, 0.05) is 54.2 Å². The summed E-state index contributed by atoms with van der Waals surface area (Å²) in [4.78, 5) is 21.2. The van der Waals surface area contributed by atoms with Gasteiger partial charge in [0.2, 0.25) is 6.23 Å². The fourth-order valence-corrected chi connectivity index (χ4v) is 2.91. The van der Waals surface area contributed by atoms with Gasteiger partial charge in [-0.1, -0.05) is 25.1 Å². The fraction of sp³-hybridized carbons (Fsp3) is 0.263. The fourth-order valence-electron chi connectivity index (χ4n) is 2.91. The first-order valence-corrected chi connectivity index (χ1v) is 8.10. The number of carbonyl (C=O) groups is 1. The standard InChI is InChI=1S/C19H21N3O2/c1-3-12-22(15-8-10-20-11-9-15)19(24-14(2)23)17-13-21-18-7-5-4-6-16(17)18/h4-11,13,19,21H,3,12H2,1-2H3. The van der Waals surface area contributed by atoms with Crippen molar-refractivity contribution in [1.29, 1.82) is 0 Å². The number of nitrogens with zero attached hydrogens (tertiary/aromatic N) is 2. The molecule has 0 bridgehead atoms. The zero-order valence-corrected chi connectivity index (χ0v) is 13.9. The second-order valence-electron chi connectivity index (χ2n) is 5.65. The van der Waals surface area contributed by atoms with Crippen LogP contribution in [-0.4, -0.2) is 22.5 Å². The van der Waals surface area contributed by atoms with E-state index in [1.807, 2.05) is 42.6 Å². The van der Waals surface area contributed by atoms with Crippen LogP contribution in [-0.2, 0) is 9.53 Å². The Bertz CT molecular complexity index is 814. The highest BCUT2D eigenvalue weighted by molar-refractivity contribution is 5.84. The van der Waals surface area contributed by atoms with Gasteiger partial charge in [-0.15, -0.1) is 0 Å². The van der Waals surface area contributed by atoms with Gasteiger partial charge in [-0.3, -0.25) is 9.78 Å². The minimum absolute atomic E-state index is 0.305. The number of aromatic nitrogens is 2. The van der Waals surface area contributed by atoms with Crippen molar-refractivity contribution in [2.24, 2.45) is 0 Å². The molecule has 3 rings (SSSR count). The number of hydrogen-bond donors (Lipinski definition) is 1. The summed E-state index contributed by atoms with van der Waals surface area (Å²) < 4.78 is 5.72. The lowest BCUT2D eigenvalue weighted by molar-refractivity contribution is -0.146. The van der Waals surface area contributed by atoms with E-state index in [-0.39, 0.29) is 5.97 Å². The Kier molecular flexibility index (Phi) is 4.79. The number of aromatic amines is 1. The van der Waals surface area contributed by atoms with E-state index in [1.54, 1.807) is 12.4 Å². The maximum Gasteiger partial charge on any atom is 0.304 e. The van der Waals surface area contributed by atoms with Crippen LogP contribution in [0.3, 0.4) is 0 Å². The molecule has 0 spiro atoms. The second-order valence-corrected chi connectivity index (χ2v) is 5.65. The lowest BCUT2D eigenvalue weighted by Gasteiger charge is -2.32. The van der Waals surface area contributed by atoms with Crippen LogP contribution >= 0.6 is 0 Å². The topological polar surface area (TPSA) is 58.2 Å². The Morgan fingerprint density at radius 1 is 1.25 bits per heavy atom. The summed E-state index contributed by atoms with van der Waals surface area (Å²) in [5.41, 5.74) is 2.95. The molecule has 1 aromatic carbocycles. The number of rotatable bonds is 6. The third-order valence-electron chi connectivity index (χ3n) is 3.91. The van der Waals surface area contributed by atoms with Crippen molar-refractivity contribution in [3.05, 3.63) is 60.6 Å². The lowest BCUT2D eigenvalue weighted by Crippen LogP contribution is -2.32. The molecule has 2 aromatic heterocycles. The third kappa shape index (κ3) is 3.25. The number of fused-ring (bicyclic) bond motifs is 1. The average molecular weight is 323 g/mol. The number of anilines is 1. The maximum absolute atomic E-state index is 11.8. The van der Waals surface area contributed by atoms with Crippen molar-refractivity contribution in [3.63, 3.8) is 0 Å². The Hall–Kier alpha value is -2.82. The first-order valence-electron chi connectivity index (χ1n) is 8.10. The molecule has 2 heterocycles. The van der Waals surface area contributed by atoms with Crippen molar-refractivity contribution >= 4 is 22.6 Å². The van der Waals surface area contributed by atoms with Gasteiger partial charge in [-0.25, -0.2) is 0 Å². The number of esters is 1. The zero-order chi connectivity index (χ0) is 16.9. The van der Waals surface area contributed by atoms with Crippen molar-refractivity contribution < 1.29 is 9.53 Å². The molecule has 0 aliphatic rings. The molecule has 5 nitrogen and oxygen atoms in total. The van der Waals surface area contributed by atoms with Crippen LogP contribution in [0.25, 0.3) is 10.9 Å². The Labute approximate surface area is 141 Å². The maximum atomic E-state index is 11.8. The summed E-state index contributed by atoms with van der Waals surface area (Å²) in [6, 6.07) is 11.9. The number of hydrogen-bond acceptors (Lipinski definition) is 4. The van der Waals surface area contributed by atoms with Crippen LogP contribution in [0, 0.1) is 0 Å². The molecular formula is C19H21N3O2. The minimum Gasteiger partial charge on any atom is -0.437 e. The average Bonchev–Trinajstić information content (AvgIpc) is 3.02. The SMILES string of the molecule is CCCN(c1ccncc1)C(OC(C)=O)c1c[nH]c2ccccc12. The summed E-state index contributed by atoms with van der Waals surface area (Å²) in [6.07, 6.45) is 5.86. The van der Waals surface area contributed by atoms with E-state index in [1.165, 1.54) is 6.92 Å². The Balaban J connectivity index is 2.08. The van der Waals surface area contributed by atoms with Crippen LogP contribution in [0.2, 0.25) is 0 Å². The van der Waals surface area contributed by atoms with Gasteiger partial charge in [0.25, 0.3) is 0 Å². The summed E-state index contributed by atoms with van der Waals surface area (Å²) in [6.45, 7) is 4.31. The molecule has 0 aliphatic heterocycles. The van der Waals surface area contributed by atoms with E-state index < -0.39 is 6.23 Å². The summed E-state index contributed by atoms with van der Waals surface area (Å²) in [5, 5.41) is 1.05. The molecule has 0 aliphatic carbocycles. The quantitative estimate of drug-likeness (QED) is 0.549. The van der Waals surface area contributed by atoms with Gasteiger partial charge in [-0.05, 0) is 24.6 Å². The highest BCUT2D eigenvalue weighted by atomic mass is 16.6. The molecule has 24 heavy (non-hydrogen) atoms. The smallest absolute Gasteiger partial charge is 0.304 e. The highest BCUT2D eigenvalue weighted by Gasteiger charge is 2.26. The van der Waals surface area contributed by atoms with Crippen molar-refractivity contribution in [2.45, 2.75) is 26.5 Å². The molecule has 1 unspecified atom stereocenters. The first-order chi connectivity index (χ1) is 11.7. The monoisotopic (exact) mass is 323 g/mol. The number of carbonyl (C=O) groups excluding carboxylic acids is 1. The predicted molar refractivity (Wildman–Crippen MR) is 94.7 cm³/mol. The molecule has 0 fully saturated rings. The summed E-state index contributed by atoms with van der Waals surface area (Å²) in [7, 11) is 0. The number of benzene rings is 1. The number of para-hydroxylation sites is 1. The van der Waals surface area contributed by atoms with Crippen LogP contribution in [0.15, 0.2) is 55.0 Å². The van der Waals surface area contributed by atoms with E-state index in [0.717, 1.165) is 35.1 Å². The molecule has 3 aromatic rings. The van der Waals surface area contributed by atoms with Crippen LogP contribution in [0.5, 0.6) is 0 Å². The summed E-state index contributed by atoms with van der Waals surface area (Å²) in [5.74, 6) is -0.305. The highest BCUT2D eigenvalue weighted by Crippen LogP contribution is 2.32. The van der Waals surface area contributed by atoms with Gasteiger partial charge in [0.05, 0.1) is 0 Å². The lowest BCUT2D eigenvalue weighted by atomic mass is 10.1. The van der Waals surface area contributed by atoms with E-state index in [2.05, 4.69) is 21.8 Å². The summed E-state index contributed by atoms with van der Waals surface area (Å²) >= 11 is 0. The normalized spacial score (nSPS) is 12.1. The molecule has 0 radical (unpaired) electrons. The van der Waals surface area contributed by atoms with E-state index in [9.17, 15) is 4.79 Å². The van der Waals surface area contributed by atoms with Gasteiger partial charge in [0.1, 0.15) is 0 Å². The Morgan fingerprint density at radius 3 is 2.71 bits per heavy atom. The number of H-pyrrole nitrogens is 1. The predicted octanol–water partition coefficient (Wildman–Crippen LogP) is 4.04. The van der Waals surface area contributed by atoms with Crippen LogP contribution in [0.4, 0.5) is 5.69 Å². The molecule has 1 atom stereocenters. The molecular weight excluding hydrogens is 302 g/mol. The second kappa shape index (κ2) is 7.17. The minimum atomic E-state index is -0.485. The van der Waals surface area contributed by atoms with Crippen LogP contribution in [0.1, 0.15) is 32.1 Å². The van der Waals surface area contributed by atoms with E-state index in [0.29, 0.717) is 0 Å². The zero-order valence-electron chi connectivity index (χ0n) is 13.9. The number of ether oxygens (including phenoxy) is 1. The number of pyridine rings is 1. The molecule has 0 amide bonds. The first kappa shape index (κ1) is 16.1. The van der Waals surface area contributed by atoms with Gasteiger partial charge >= 0.3 is 5.97 Å². The van der Waals surface area contributed by atoms with Crippen molar-refractivity contribution in [3.8, 4) is 0 Å². The third-order valence-corrected chi connectivity index (χ3v) is 3.91. The van der Waals surface area contributed by atoms with Gasteiger partial charge in [-0.2, -0.15) is 0 Å². The van der Waals surface area contributed by atoms with Gasteiger partial charge < -0.3 is 14.6 Å². The molecule has 124 valence electrons. The number of nitrogens with one attached hydrogen (secondary N) is 1. The van der Waals surface area contributed by atoms with E-state index in [4.69, 9.17) is 4.74 Å². The Morgan fingerprint density at radius 2 is 2.00 bits per heavy atom. The largest absolute Gasteiger partial charge is 0.437 e. The van der Waals surface area contributed by atoms with Crippen LogP contribution < -0.4 is 4.90 Å². The molecule has 5 heteroatoms. The van der Waals surface area contributed by atoms with Crippen molar-refractivity contribution in [2.75, 3.05) is 11.4 Å². The molecule has 0 saturated heterocycles. The molecule has 1 N–H and O–H groups in total. The molecule has 0 saturated carbocycles. The van der Waals surface area contributed by atoms with Crippen molar-refractivity contribution in [1.82, 2.24) is 9.97 Å². The van der Waals surface area contributed by atoms with E-state index >= 15 is 0 Å². The van der Waals surface area contributed by atoms with Gasteiger partial charge in [0.15, 0.2) is 0 Å².